The molecule has 116 valence electrons. The number of benzene rings is 1. The van der Waals surface area contributed by atoms with Crippen LogP contribution in [0, 0.1) is 0 Å². The minimum atomic E-state index is -0.612. The van der Waals surface area contributed by atoms with Gasteiger partial charge in [-0.05, 0) is 32.9 Å². The normalized spacial score (nSPS) is 11.3. The summed E-state index contributed by atoms with van der Waals surface area (Å²) < 4.78 is 10.4. The zero-order valence-electron chi connectivity index (χ0n) is 12.8. The van der Waals surface area contributed by atoms with Crippen molar-refractivity contribution in [2.24, 2.45) is 5.73 Å². The van der Waals surface area contributed by atoms with Crippen molar-refractivity contribution in [1.29, 1.82) is 0 Å². The Bertz CT molecular complexity index is 720. The third-order valence-electron chi connectivity index (χ3n) is 2.68. The van der Waals surface area contributed by atoms with Crippen LogP contribution in [-0.4, -0.2) is 29.1 Å². The average Bonchev–Trinajstić information content (AvgIpc) is 2.45. The number of pyridine rings is 1. The number of fused-ring (bicyclic) bond motifs is 1. The number of hydrogen-bond acceptors (Lipinski definition) is 6. The van der Waals surface area contributed by atoms with E-state index in [1.807, 2.05) is 0 Å². The molecule has 1 heterocycles. The Balaban J connectivity index is 2.41. The van der Waals surface area contributed by atoms with E-state index in [0.29, 0.717) is 5.52 Å². The van der Waals surface area contributed by atoms with E-state index in [9.17, 15) is 9.59 Å². The molecular weight excluding hydrogens is 284 g/mol. The Hall–Kier alpha value is -2.47. The molecule has 0 aliphatic carbocycles. The number of carbonyl (C=O) groups is 2. The lowest BCUT2D eigenvalue weighted by Gasteiger charge is -2.19. The van der Waals surface area contributed by atoms with Crippen molar-refractivity contribution in [3.05, 3.63) is 36.0 Å². The molecule has 0 spiro atoms. The first-order chi connectivity index (χ1) is 10.3. The number of rotatable bonds is 3. The Morgan fingerprint density at radius 1 is 1.18 bits per heavy atom. The minimum Gasteiger partial charge on any atom is -0.455 e. The molecule has 2 N–H and O–H groups in total. The second-order valence-electron chi connectivity index (χ2n) is 5.70. The quantitative estimate of drug-likeness (QED) is 0.689. The van der Waals surface area contributed by atoms with Crippen LogP contribution in [0.3, 0.4) is 0 Å². The summed E-state index contributed by atoms with van der Waals surface area (Å²) in [5, 5.41) is 0.745. The number of carbonyl (C=O) groups excluding carboxylic acids is 2. The van der Waals surface area contributed by atoms with Gasteiger partial charge >= 0.3 is 11.9 Å². The highest BCUT2D eigenvalue weighted by molar-refractivity contribution is 5.93. The molecule has 6 nitrogen and oxygen atoms in total. The van der Waals surface area contributed by atoms with Gasteiger partial charge in [-0.3, -0.25) is 4.79 Å². The molecule has 0 unspecified atom stereocenters. The van der Waals surface area contributed by atoms with Gasteiger partial charge in [-0.25, -0.2) is 9.78 Å². The molecule has 0 amide bonds. The lowest BCUT2D eigenvalue weighted by atomic mass is 10.1. The second-order valence-corrected chi connectivity index (χ2v) is 5.70. The maximum atomic E-state index is 12.1. The zero-order chi connectivity index (χ0) is 16.3. The number of para-hydroxylation sites is 1. The van der Waals surface area contributed by atoms with Crippen molar-refractivity contribution >= 4 is 22.8 Å². The van der Waals surface area contributed by atoms with Crippen molar-refractivity contribution in [3.8, 4) is 5.75 Å². The fourth-order valence-electron chi connectivity index (χ4n) is 1.81. The van der Waals surface area contributed by atoms with Crippen LogP contribution in [0.15, 0.2) is 30.3 Å². The topological polar surface area (TPSA) is 91.5 Å². The van der Waals surface area contributed by atoms with Gasteiger partial charge in [0.1, 0.15) is 16.8 Å². The largest absolute Gasteiger partial charge is 0.455 e. The van der Waals surface area contributed by atoms with Gasteiger partial charge in [0, 0.05) is 5.39 Å². The molecule has 0 fully saturated rings. The van der Waals surface area contributed by atoms with Crippen molar-refractivity contribution < 1.29 is 19.1 Å². The maximum Gasteiger partial charge on any atom is 0.357 e. The highest BCUT2D eigenvalue weighted by atomic mass is 16.6. The van der Waals surface area contributed by atoms with E-state index in [4.69, 9.17) is 15.2 Å². The van der Waals surface area contributed by atoms with E-state index < -0.39 is 17.5 Å². The lowest BCUT2D eigenvalue weighted by molar-refractivity contribution is -0.132. The number of ether oxygens (including phenoxy) is 2. The summed E-state index contributed by atoms with van der Waals surface area (Å²) in [4.78, 5) is 27.7. The van der Waals surface area contributed by atoms with Gasteiger partial charge in [0.15, 0.2) is 5.75 Å². The van der Waals surface area contributed by atoms with E-state index in [1.54, 1.807) is 51.1 Å². The fourth-order valence-corrected chi connectivity index (χ4v) is 1.81. The Morgan fingerprint density at radius 3 is 2.55 bits per heavy atom. The molecule has 0 bridgehead atoms. The number of esters is 2. The van der Waals surface area contributed by atoms with E-state index >= 15 is 0 Å². The first-order valence-electron chi connectivity index (χ1n) is 6.84. The molecule has 22 heavy (non-hydrogen) atoms. The van der Waals surface area contributed by atoms with Crippen LogP contribution >= 0.6 is 0 Å². The maximum absolute atomic E-state index is 12.1. The predicted octanol–water partition coefficient (Wildman–Crippen LogP) is 2.05. The molecule has 6 heteroatoms. The van der Waals surface area contributed by atoms with Gasteiger partial charge < -0.3 is 15.2 Å². The van der Waals surface area contributed by atoms with Gasteiger partial charge in [0.25, 0.3) is 0 Å². The van der Waals surface area contributed by atoms with Gasteiger partial charge in [0.05, 0.1) is 6.54 Å². The van der Waals surface area contributed by atoms with E-state index in [1.165, 1.54) is 0 Å². The fraction of sp³-hybridized carbons (Fsp3) is 0.312. The Kier molecular flexibility index (Phi) is 4.42. The third-order valence-corrected chi connectivity index (χ3v) is 2.68. The minimum absolute atomic E-state index is 0.152. The van der Waals surface area contributed by atoms with E-state index in [-0.39, 0.29) is 18.0 Å². The summed E-state index contributed by atoms with van der Waals surface area (Å²) in [5.41, 5.74) is 5.19. The van der Waals surface area contributed by atoms with E-state index in [0.717, 1.165) is 5.39 Å². The molecule has 2 rings (SSSR count). The molecule has 0 saturated heterocycles. The third kappa shape index (κ3) is 3.79. The second kappa shape index (κ2) is 6.11. The first-order valence-corrected chi connectivity index (χ1v) is 6.84. The van der Waals surface area contributed by atoms with Crippen molar-refractivity contribution in [2.75, 3.05) is 6.54 Å². The molecule has 0 saturated carbocycles. The molecular formula is C16H18N2O4. The lowest BCUT2D eigenvalue weighted by Crippen LogP contribution is -2.24. The molecule has 0 aliphatic rings. The highest BCUT2D eigenvalue weighted by Crippen LogP contribution is 2.24. The van der Waals surface area contributed by atoms with Gasteiger partial charge in [-0.2, -0.15) is 0 Å². The number of hydrogen-bond donors (Lipinski definition) is 1. The van der Waals surface area contributed by atoms with E-state index in [2.05, 4.69) is 4.98 Å². The van der Waals surface area contributed by atoms with Gasteiger partial charge in [-0.1, -0.05) is 18.2 Å². The molecule has 2 aromatic rings. The van der Waals surface area contributed by atoms with Crippen LogP contribution in [0.5, 0.6) is 5.75 Å². The first kappa shape index (κ1) is 15.9. The Morgan fingerprint density at radius 2 is 1.91 bits per heavy atom. The van der Waals surface area contributed by atoms with Gasteiger partial charge in [-0.15, -0.1) is 0 Å². The molecule has 0 aliphatic heterocycles. The summed E-state index contributed by atoms with van der Waals surface area (Å²) >= 11 is 0. The smallest absolute Gasteiger partial charge is 0.357 e. The van der Waals surface area contributed by atoms with Crippen LogP contribution in [0.25, 0.3) is 10.9 Å². The van der Waals surface area contributed by atoms with Crippen molar-refractivity contribution in [1.82, 2.24) is 4.98 Å². The standard InChI is InChI=1S/C16H18N2O4/c1-16(2,3)22-15(20)11-8-7-10-5-4-6-12(14(10)18-11)21-13(19)9-17/h4-8H,9,17H2,1-3H3. The van der Waals surface area contributed by atoms with Gasteiger partial charge in [0.2, 0.25) is 0 Å². The van der Waals surface area contributed by atoms with Crippen LogP contribution in [-0.2, 0) is 9.53 Å². The zero-order valence-corrected chi connectivity index (χ0v) is 12.8. The van der Waals surface area contributed by atoms with Crippen LogP contribution in [0.2, 0.25) is 0 Å². The number of nitrogens with zero attached hydrogens (tertiary/aromatic N) is 1. The summed E-state index contributed by atoms with van der Waals surface area (Å²) in [6.07, 6.45) is 0. The van der Waals surface area contributed by atoms with Crippen LogP contribution in [0.1, 0.15) is 31.3 Å². The van der Waals surface area contributed by atoms with Crippen LogP contribution < -0.4 is 10.5 Å². The summed E-state index contributed by atoms with van der Waals surface area (Å²) in [7, 11) is 0. The predicted molar refractivity (Wildman–Crippen MR) is 81.6 cm³/mol. The SMILES string of the molecule is CC(C)(C)OC(=O)c1ccc2cccc(OC(=O)CN)c2n1. The summed E-state index contributed by atoms with van der Waals surface area (Å²) in [6, 6.07) is 8.44. The molecule has 0 radical (unpaired) electrons. The number of aromatic nitrogens is 1. The Labute approximate surface area is 128 Å². The molecule has 0 atom stereocenters. The summed E-state index contributed by atoms with van der Waals surface area (Å²) in [6.45, 7) is 5.10. The van der Waals surface area contributed by atoms with Crippen molar-refractivity contribution in [3.63, 3.8) is 0 Å². The molecule has 1 aromatic carbocycles. The van der Waals surface area contributed by atoms with Crippen molar-refractivity contribution in [2.45, 2.75) is 26.4 Å². The monoisotopic (exact) mass is 302 g/mol. The molecule has 1 aromatic heterocycles. The summed E-state index contributed by atoms with van der Waals surface area (Å²) in [5.74, 6) is -0.843. The average molecular weight is 302 g/mol. The number of nitrogens with two attached hydrogens (primary N) is 1. The highest BCUT2D eigenvalue weighted by Gasteiger charge is 2.19. The van der Waals surface area contributed by atoms with Crippen LogP contribution in [0.4, 0.5) is 0 Å².